The molecule has 0 radical (unpaired) electrons. The lowest BCUT2D eigenvalue weighted by Gasteiger charge is -2.14. The van der Waals surface area contributed by atoms with Gasteiger partial charge in [-0.1, -0.05) is 30.3 Å². The second kappa shape index (κ2) is 9.66. The third kappa shape index (κ3) is 4.33. The van der Waals surface area contributed by atoms with Gasteiger partial charge in [-0.3, -0.25) is 14.6 Å². The number of benzene rings is 3. The Labute approximate surface area is 212 Å². The number of rotatable bonds is 6. The lowest BCUT2D eigenvalue weighted by molar-refractivity contribution is 0.0469. The fourth-order valence-corrected chi connectivity index (χ4v) is 4.30. The first-order valence-electron chi connectivity index (χ1n) is 11.7. The van der Waals surface area contributed by atoms with Crippen molar-refractivity contribution in [1.29, 1.82) is 0 Å². The Balaban J connectivity index is 1.30. The molecule has 1 aromatic heterocycles. The minimum absolute atomic E-state index is 0.0153. The van der Waals surface area contributed by atoms with Crippen LogP contribution in [0.1, 0.15) is 59.6 Å². The minimum Gasteiger partial charge on any atom is -0.462 e. The van der Waals surface area contributed by atoms with Gasteiger partial charge < -0.3 is 9.47 Å². The summed E-state index contributed by atoms with van der Waals surface area (Å²) in [6.07, 6.45) is 0. The maximum Gasteiger partial charge on any atom is 0.338 e. The second-order valence-electron chi connectivity index (χ2n) is 8.45. The average Bonchev–Trinajstić information content (AvgIpc) is 3.18. The smallest absolute Gasteiger partial charge is 0.338 e. The molecule has 2 amide bonds. The number of nitrogens with zero attached hydrogens (tertiary/aromatic N) is 2. The van der Waals surface area contributed by atoms with Crippen LogP contribution in [0, 0.1) is 6.92 Å². The van der Waals surface area contributed by atoms with Crippen LogP contribution in [0.15, 0.2) is 72.8 Å². The van der Waals surface area contributed by atoms with Gasteiger partial charge in [-0.05, 0) is 61.9 Å². The molecule has 0 fully saturated rings. The Morgan fingerprint density at radius 1 is 0.784 bits per heavy atom. The highest BCUT2D eigenvalue weighted by Crippen LogP contribution is 2.34. The number of carbonyl (C=O) groups excluding carboxylic acids is 4. The number of aryl methyl sites for hydroxylation is 1. The number of imide groups is 1. The Kier molecular flexibility index (Phi) is 6.23. The van der Waals surface area contributed by atoms with Crippen LogP contribution in [0.4, 0.5) is 5.69 Å². The van der Waals surface area contributed by atoms with Crippen molar-refractivity contribution in [3.8, 4) is 0 Å². The van der Waals surface area contributed by atoms with Crippen LogP contribution in [0.2, 0.25) is 0 Å². The van der Waals surface area contributed by atoms with Gasteiger partial charge in [0, 0.05) is 5.39 Å². The van der Waals surface area contributed by atoms with Crippen LogP contribution in [0.5, 0.6) is 0 Å². The van der Waals surface area contributed by atoms with E-state index in [4.69, 9.17) is 9.47 Å². The van der Waals surface area contributed by atoms with E-state index >= 15 is 0 Å². The predicted octanol–water partition coefficient (Wildman–Crippen LogP) is 4.88. The maximum absolute atomic E-state index is 13.3. The van der Waals surface area contributed by atoms with Gasteiger partial charge in [-0.2, -0.15) is 0 Å². The Morgan fingerprint density at radius 3 is 2.05 bits per heavy atom. The van der Waals surface area contributed by atoms with Crippen molar-refractivity contribution in [1.82, 2.24) is 4.98 Å². The number of esters is 2. The molecule has 0 saturated carbocycles. The normalized spacial score (nSPS) is 12.5. The summed E-state index contributed by atoms with van der Waals surface area (Å²) in [5.41, 5.74) is 3.51. The molecule has 5 rings (SSSR count). The summed E-state index contributed by atoms with van der Waals surface area (Å²) in [6.45, 7) is 3.75. The van der Waals surface area contributed by atoms with Gasteiger partial charge >= 0.3 is 11.9 Å². The van der Waals surface area contributed by atoms with Crippen LogP contribution < -0.4 is 4.90 Å². The summed E-state index contributed by atoms with van der Waals surface area (Å²) in [5.74, 6) is -1.85. The van der Waals surface area contributed by atoms with Gasteiger partial charge in [-0.15, -0.1) is 0 Å². The zero-order valence-corrected chi connectivity index (χ0v) is 20.2. The summed E-state index contributed by atoms with van der Waals surface area (Å²) in [4.78, 5) is 56.4. The summed E-state index contributed by atoms with van der Waals surface area (Å²) in [6, 6.07) is 19.9. The van der Waals surface area contributed by atoms with E-state index in [2.05, 4.69) is 4.98 Å². The third-order valence-electron chi connectivity index (χ3n) is 6.10. The van der Waals surface area contributed by atoms with Crippen LogP contribution in [0.3, 0.4) is 0 Å². The Morgan fingerprint density at radius 2 is 1.38 bits per heavy atom. The van der Waals surface area contributed by atoms with E-state index < -0.39 is 23.8 Å². The summed E-state index contributed by atoms with van der Waals surface area (Å²) < 4.78 is 10.3. The first-order valence-corrected chi connectivity index (χ1v) is 11.7. The van der Waals surface area contributed by atoms with Crippen molar-refractivity contribution in [2.24, 2.45) is 0 Å². The first kappa shape index (κ1) is 23.9. The number of hydrogen-bond donors (Lipinski definition) is 0. The summed E-state index contributed by atoms with van der Waals surface area (Å²) >= 11 is 0. The molecule has 1 aliphatic rings. The van der Waals surface area contributed by atoms with E-state index in [0.717, 1.165) is 4.90 Å². The summed E-state index contributed by atoms with van der Waals surface area (Å²) in [5, 5.41) is 0.624. The van der Waals surface area contributed by atoms with Crippen LogP contribution >= 0.6 is 0 Å². The Hall–Kier alpha value is -4.85. The standard InChI is InChI=1S/C29H22N2O6/c1-3-36-28(34)19-10-8-18(9-11-19)16-37-29(35)20-12-14-21(15-13-20)31-26(32)24-17(2)30-23-7-5-4-6-22(23)25(24)27(31)33/h4-15H,3,16H2,1-2H3. The number of anilines is 1. The number of carbonyl (C=O) groups is 4. The molecule has 8 heteroatoms. The second-order valence-corrected chi connectivity index (χ2v) is 8.45. The number of ether oxygens (including phenoxy) is 2. The molecule has 0 bridgehead atoms. The molecule has 4 aromatic rings. The predicted molar refractivity (Wildman–Crippen MR) is 136 cm³/mol. The number of hydrogen-bond acceptors (Lipinski definition) is 7. The highest BCUT2D eigenvalue weighted by atomic mass is 16.5. The number of fused-ring (bicyclic) bond motifs is 3. The van der Waals surface area contributed by atoms with Gasteiger partial charge in [0.1, 0.15) is 6.61 Å². The van der Waals surface area contributed by atoms with Crippen molar-refractivity contribution in [3.63, 3.8) is 0 Å². The maximum atomic E-state index is 13.3. The van der Waals surface area contributed by atoms with Gasteiger partial charge in [0.25, 0.3) is 11.8 Å². The largest absolute Gasteiger partial charge is 0.462 e. The monoisotopic (exact) mass is 494 g/mol. The Bertz CT molecular complexity index is 1560. The van der Waals surface area contributed by atoms with E-state index in [9.17, 15) is 19.2 Å². The molecule has 3 aromatic carbocycles. The number of pyridine rings is 1. The third-order valence-corrected chi connectivity index (χ3v) is 6.10. The van der Waals surface area contributed by atoms with Gasteiger partial charge in [0.2, 0.25) is 0 Å². The SMILES string of the molecule is CCOC(=O)c1ccc(COC(=O)c2ccc(N3C(=O)c4c(C)nc5ccccc5c4C3=O)cc2)cc1. The minimum atomic E-state index is -0.561. The molecule has 0 atom stereocenters. The first-order chi connectivity index (χ1) is 17.9. The molecule has 0 spiro atoms. The van der Waals surface area contributed by atoms with Gasteiger partial charge in [-0.25, -0.2) is 14.5 Å². The highest BCUT2D eigenvalue weighted by Gasteiger charge is 2.40. The van der Waals surface area contributed by atoms with Crippen molar-refractivity contribution in [2.45, 2.75) is 20.5 Å². The fourth-order valence-electron chi connectivity index (χ4n) is 4.30. The highest BCUT2D eigenvalue weighted by molar-refractivity contribution is 6.37. The van der Waals surface area contributed by atoms with Crippen molar-refractivity contribution >= 4 is 40.3 Å². The fraction of sp³-hybridized carbons (Fsp3) is 0.138. The topological polar surface area (TPSA) is 103 Å². The van der Waals surface area contributed by atoms with E-state index in [1.54, 1.807) is 56.3 Å². The number of aromatic nitrogens is 1. The molecule has 0 aliphatic carbocycles. The molecule has 1 aliphatic heterocycles. The zero-order chi connectivity index (χ0) is 26.1. The van der Waals surface area contributed by atoms with Gasteiger partial charge in [0.05, 0.1) is 45.8 Å². The van der Waals surface area contributed by atoms with E-state index in [1.165, 1.54) is 24.3 Å². The zero-order valence-electron chi connectivity index (χ0n) is 20.2. The molecule has 184 valence electrons. The molecular formula is C29H22N2O6. The number of amides is 2. The van der Waals surface area contributed by atoms with Crippen LogP contribution in [0.25, 0.3) is 10.9 Å². The molecule has 37 heavy (non-hydrogen) atoms. The average molecular weight is 495 g/mol. The van der Waals surface area contributed by atoms with E-state index in [1.807, 2.05) is 6.07 Å². The van der Waals surface area contributed by atoms with E-state index in [-0.39, 0.29) is 18.8 Å². The molecule has 0 N–H and O–H groups in total. The van der Waals surface area contributed by atoms with E-state index in [0.29, 0.717) is 44.5 Å². The van der Waals surface area contributed by atoms with Crippen LogP contribution in [-0.4, -0.2) is 35.3 Å². The molecule has 0 saturated heterocycles. The lowest BCUT2D eigenvalue weighted by Crippen LogP contribution is -2.29. The summed E-state index contributed by atoms with van der Waals surface area (Å²) in [7, 11) is 0. The molecule has 2 heterocycles. The van der Waals surface area contributed by atoms with Crippen molar-refractivity contribution < 1.29 is 28.7 Å². The number of para-hydroxylation sites is 1. The lowest BCUT2D eigenvalue weighted by atomic mass is 10.0. The van der Waals surface area contributed by atoms with Crippen molar-refractivity contribution in [3.05, 3.63) is 106 Å². The quantitative estimate of drug-likeness (QED) is 0.278. The molecular weight excluding hydrogens is 472 g/mol. The van der Waals surface area contributed by atoms with Gasteiger partial charge in [0.15, 0.2) is 0 Å². The van der Waals surface area contributed by atoms with Crippen molar-refractivity contribution in [2.75, 3.05) is 11.5 Å². The molecule has 8 nitrogen and oxygen atoms in total. The molecule has 0 unspecified atom stereocenters. The van der Waals surface area contributed by atoms with Crippen LogP contribution in [-0.2, 0) is 16.1 Å².